The predicted octanol–water partition coefficient (Wildman–Crippen LogP) is 4.32. The summed E-state index contributed by atoms with van der Waals surface area (Å²) in [4.78, 5) is 42.6. The number of carbonyl (C=O) groups is 1. The van der Waals surface area contributed by atoms with Crippen LogP contribution in [-0.4, -0.2) is 51.7 Å². The lowest BCUT2D eigenvalue weighted by Crippen LogP contribution is -2.36. The highest BCUT2D eigenvalue weighted by Gasteiger charge is 2.47. The predicted molar refractivity (Wildman–Crippen MR) is 133 cm³/mol. The Bertz CT molecular complexity index is 1480. The van der Waals surface area contributed by atoms with Crippen molar-refractivity contribution in [3.8, 4) is 5.75 Å². The molecular formula is C24H23ClF2N6O4. The maximum absolute atomic E-state index is 13.1. The van der Waals surface area contributed by atoms with Crippen LogP contribution in [0.3, 0.4) is 0 Å². The van der Waals surface area contributed by atoms with E-state index in [0.29, 0.717) is 35.1 Å². The zero-order valence-electron chi connectivity index (χ0n) is 20.0. The quantitative estimate of drug-likeness (QED) is 0.411. The lowest BCUT2D eigenvalue weighted by Gasteiger charge is -2.22. The lowest BCUT2D eigenvalue weighted by atomic mass is 10.0. The Labute approximate surface area is 214 Å². The molecule has 1 saturated heterocycles. The number of pyridine rings is 1. The molecule has 0 spiro atoms. The Morgan fingerprint density at radius 2 is 2.08 bits per heavy atom. The molecule has 0 radical (unpaired) electrons. The van der Waals surface area contributed by atoms with Gasteiger partial charge in [-0.3, -0.25) is 4.79 Å². The van der Waals surface area contributed by atoms with Crippen LogP contribution in [0, 0.1) is 6.92 Å². The van der Waals surface area contributed by atoms with E-state index in [4.69, 9.17) is 21.1 Å². The molecule has 13 heteroatoms. The third-order valence-corrected chi connectivity index (χ3v) is 6.57. The van der Waals surface area contributed by atoms with E-state index in [2.05, 4.69) is 31.8 Å². The molecule has 1 saturated carbocycles. The van der Waals surface area contributed by atoms with Crippen molar-refractivity contribution in [2.24, 2.45) is 0 Å². The molecule has 1 aliphatic heterocycles. The molecule has 1 aliphatic carbocycles. The van der Waals surface area contributed by atoms with Crippen molar-refractivity contribution in [1.82, 2.24) is 19.9 Å². The molecule has 0 bridgehead atoms. The first-order valence-electron chi connectivity index (χ1n) is 11.5. The number of carbonyl (C=O) groups excluding carboxylic acids is 1. The van der Waals surface area contributed by atoms with E-state index < -0.39 is 30.7 Å². The van der Waals surface area contributed by atoms with Crippen molar-refractivity contribution < 1.29 is 23.0 Å². The number of hydrogen-bond acceptors (Lipinski definition) is 8. The van der Waals surface area contributed by atoms with Crippen molar-refractivity contribution in [1.29, 1.82) is 0 Å². The van der Waals surface area contributed by atoms with Crippen LogP contribution in [0.2, 0.25) is 5.02 Å². The number of alkyl halides is 2. The Morgan fingerprint density at radius 1 is 1.32 bits per heavy atom. The number of ether oxygens (including phenoxy) is 2. The second-order valence-electron chi connectivity index (χ2n) is 9.11. The Hall–Kier alpha value is -3.80. The normalized spacial score (nSPS) is 18.3. The van der Waals surface area contributed by atoms with Gasteiger partial charge in [0, 0.05) is 17.0 Å². The summed E-state index contributed by atoms with van der Waals surface area (Å²) in [6, 6.07) is 4.27. The summed E-state index contributed by atoms with van der Waals surface area (Å²) in [5, 5.41) is 4.00. The second-order valence-corrected chi connectivity index (χ2v) is 9.51. The first-order valence-corrected chi connectivity index (χ1v) is 11.8. The Kier molecular flexibility index (Phi) is 6.22. The largest absolute Gasteiger partial charge is 0.486 e. The molecule has 3 aromatic rings. The number of benzene rings is 1. The van der Waals surface area contributed by atoms with E-state index >= 15 is 0 Å². The summed E-state index contributed by atoms with van der Waals surface area (Å²) in [6.45, 7) is 6.72. The summed E-state index contributed by atoms with van der Waals surface area (Å²) < 4.78 is 35.3. The van der Waals surface area contributed by atoms with E-state index in [1.54, 1.807) is 26.0 Å². The summed E-state index contributed by atoms with van der Waals surface area (Å²) in [6.07, 6.45) is -1.97. The van der Waals surface area contributed by atoms with Crippen LogP contribution in [0.1, 0.15) is 31.2 Å². The fraction of sp³-hybridized carbons (Fsp3) is 0.375. The van der Waals surface area contributed by atoms with E-state index in [-0.39, 0.29) is 34.8 Å². The average Bonchev–Trinajstić information content (AvgIpc) is 3.48. The van der Waals surface area contributed by atoms with Gasteiger partial charge in [-0.1, -0.05) is 23.8 Å². The van der Waals surface area contributed by atoms with Crippen molar-refractivity contribution in [3.05, 3.63) is 57.1 Å². The Morgan fingerprint density at radius 3 is 2.76 bits per heavy atom. The van der Waals surface area contributed by atoms with E-state index in [1.807, 2.05) is 0 Å². The standard InChI is InChI=1S/C24H23ClF2N6O4/c1-11(2)17-9-37-23(35)33(17)22-29-12(3)28-21(31-22)32-24(4-5-24)14-6-13-7-15(25)18(36-10-19(26)27)8-16(13)30-20(14)34/h6-8,17,19H,1,4-5,9-10H2,2-3H3,(H,30,34)(H,28,29,31,32)/t17-/m1/s1. The van der Waals surface area contributed by atoms with E-state index in [1.165, 1.54) is 11.0 Å². The van der Waals surface area contributed by atoms with Gasteiger partial charge in [-0.15, -0.1) is 0 Å². The monoisotopic (exact) mass is 532 g/mol. The van der Waals surface area contributed by atoms with Crippen LogP contribution >= 0.6 is 11.6 Å². The average molecular weight is 533 g/mol. The highest BCUT2D eigenvalue weighted by Crippen LogP contribution is 2.47. The number of hydrogen-bond donors (Lipinski definition) is 2. The van der Waals surface area contributed by atoms with Crippen LogP contribution in [0.15, 0.2) is 35.1 Å². The SMILES string of the molecule is C=C(C)[C@H]1COC(=O)N1c1nc(C)nc(NC2(c3cc4cc(Cl)c(OCC(F)F)cc4[nH]c3=O)CC2)n1. The topological polar surface area (TPSA) is 122 Å². The van der Waals surface area contributed by atoms with Crippen LogP contribution in [0.5, 0.6) is 5.75 Å². The number of anilines is 2. The van der Waals surface area contributed by atoms with Crippen molar-refractivity contribution in [2.75, 3.05) is 23.4 Å². The number of nitrogens with zero attached hydrogens (tertiary/aromatic N) is 4. The number of cyclic esters (lactones) is 1. The van der Waals surface area contributed by atoms with Gasteiger partial charge in [-0.25, -0.2) is 18.5 Å². The molecule has 2 aliphatic rings. The fourth-order valence-corrected chi connectivity index (χ4v) is 4.49. The highest BCUT2D eigenvalue weighted by molar-refractivity contribution is 6.32. The number of aromatic amines is 1. The molecule has 37 heavy (non-hydrogen) atoms. The minimum atomic E-state index is -2.66. The molecule has 2 fully saturated rings. The molecule has 1 atom stereocenters. The molecule has 10 nitrogen and oxygen atoms in total. The van der Waals surface area contributed by atoms with Crippen molar-refractivity contribution in [2.45, 2.75) is 44.7 Å². The van der Waals surface area contributed by atoms with Gasteiger partial charge in [0.15, 0.2) is 0 Å². The summed E-state index contributed by atoms with van der Waals surface area (Å²) in [7, 11) is 0. The van der Waals surface area contributed by atoms with Crippen LogP contribution in [-0.2, 0) is 10.3 Å². The zero-order valence-corrected chi connectivity index (χ0v) is 20.7. The Balaban J connectivity index is 1.47. The number of aromatic nitrogens is 4. The van der Waals surface area contributed by atoms with Gasteiger partial charge in [-0.05, 0) is 38.8 Å². The van der Waals surface area contributed by atoms with Gasteiger partial charge < -0.3 is 19.8 Å². The van der Waals surface area contributed by atoms with Crippen molar-refractivity contribution in [3.63, 3.8) is 0 Å². The molecule has 2 N–H and O–H groups in total. The zero-order chi connectivity index (χ0) is 26.5. The third kappa shape index (κ3) is 4.80. The van der Waals surface area contributed by atoms with Gasteiger partial charge in [0.1, 0.15) is 24.8 Å². The molecule has 2 aromatic heterocycles. The van der Waals surface area contributed by atoms with Gasteiger partial charge in [0.05, 0.1) is 22.1 Å². The number of H-pyrrole nitrogens is 1. The minimum absolute atomic E-state index is 0.0545. The first-order chi connectivity index (χ1) is 17.6. The number of amides is 1. The van der Waals surface area contributed by atoms with Crippen LogP contribution in [0.4, 0.5) is 25.5 Å². The number of halogens is 3. The molecule has 3 heterocycles. The van der Waals surface area contributed by atoms with Gasteiger partial charge in [-0.2, -0.15) is 15.0 Å². The van der Waals surface area contributed by atoms with Crippen LogP contribution < -0.4 is 20.5 Å². The lowest BCUT2D eigenvalue weighted by molar-refractivity contribution is 0.0820. The van der Waals surface area contributed by atoms with Gasteiger partial charge in [0.2, 0.25) is 11.9 Å². The third-order valence-electron chi connectivity index (χ3n) is 6.27. The van der Waals surface area contributed by atoms with E-state index in [0.717, 1.165) is 5.57 Å². The minimum Gasteiger partial charge on any atom is -0.486 e. The number of nitrogens with one attached hydrogen (secondary N) is 2. The molecule has 1 aromatic carbocycles. The fourth-order valence-electron chi connectivity index (χ4n) is 4.26. The summed E-state index contributed by atoms with van der Waals surface area (Å²) >= 11 is 6.23. The van der Waals surface area contributed by atoms with E-state index in [9.17, 15) is 18.4 Å². The van der Waals surface area contributed by atoms with Crippen LogP contribution in [0.25, 0.3) is 10.9 Å². The number of rotatable bonds is 8. The molecule has 1 amide bonds. The summed E-state index contributed by atoms with van der Waals surface area (Å²) in [5.41, 5.74) is 0.452. The smallest absolute Gasteiger partial charge is 0.417 e. The molecular weight excluding hydrogens is 510 g/mol. The first kappa shape index (κ1) is 24.9. The van der Waals surface area contributed by atoms with Gasteiger partial charge in [0.25, 0.3) is 12.0 Å². The molecule has 5 rings (SSSR count). The summed E-state index contributed by atoms with van der Waals surface area (Å²) in [5.74, 6) is 0.753. The van der Waals surface area contributed by atoms with Crippen molar-refractivity contribution >= 4 is 40.5 Å². The second kappa shape index (κ2) is 9.25. The maximum Gasteiger partial charge on any atom is 0.417 e. The number of aryl methyl sites for hydroxylation is 1. The molecule has 0 unspecified atom stereocenters. The maximum atomic E-state index is 13.1. The number of fused-ring (bicyclic) bond motifs is 1. The molecule has 194 valence electrons. The highest BCUT2D eigenvalue weighted by atomic mass is 35.5. The van der Waals surface area contributed by atoms with Gasteiger partial charge >= 0.3 is 6.09 Å².